The predicted molar refractivity (Wildman–Crippen MR) is 45.4 cm³/mol. The van der Waals surface area contributed by atoms with E-state index in [9.17, 15) is 0 Å². The molecule has 0 aromatic heterocycles. The van der Waals surface area contributed by atoms with Crippen LogP contribution in [0.25, 0.3) is 0 Å². The van der Waals surface area contributed by atoms with Gasteiger partial charge < -0.3 is 22.9 Å². The van der Waals surface area contributed by atoms with Crippen molar-refractivity contribution in [3.05, 3.63) is 12.2 Å². The third kappa shape index (κ3) is 1.44. The summed E-state index contributed by atoms with van der Waals surface area (Å²) in [6.45, 7) is 1.82. The van der Waals surface area contributed by atoms with Crippen molar-refractivity contribution in [2.75, 3.05) is 0 Å². The lowest BCUT2D eigenvalue weighted by Crippen LogP contribution is -2.73. The van der Waals surface area contributed by atoms with Gasteiger partial charge in [0, 0.05) is 5.54 Å². The van der Waals surface area contributed by atoms with Crippen molar-refractivity contribution in [3.63, 3.8) is 0 Å². The van der Waals surface area contributed by atoms with Gasteiger partial charge in [0.1, 0.15) is 0 Å². The van der Waals surface area contributed by atoms with Gasteiger partial charge in [0.15, 0.2) is 0 Å². The molecular formula is C7H16N4. The molecule has 0 spiro atoms. The highest BCUT2D eigenvalue weighted by molar-refractivity contribution is 5.19. The standard InChI is InChI=1S/C7H16N4/c1-6(9)3-2-4-7(10,11)5(6)8/h2-3,5H,4,8-11H2,1H3. The molecule has 1 aliphatic carbocycles. The lowest BCUT2D eigenvalue weighted by molar-refractivity contribution is 0.266. The fourth-order valence-electron chi connectivity index (χ4n) is 1.33. The molecule has 1 aliphatic rings. The van der Waals surface area contributed by atoms with Gasteiger partial charge >= 0.3 is 0 Å². The minimum Gasteiger partial charge on any atom is -0.323 e. The smallest absolute Gasteiger partial charge is 0.0848 e. The summed E-state index contributed by atoms with van der Waals surface area (Å²) in [4.78, 5) is 0. The molecular weight excluding hydrogens is 140 g/mol. The van der Waals surface area contributed by atoms with Crippen LogP contribution in [0, 0.1) is 0 Å². The van der Waals surface area contributed by atoms with Gasteiger partial charge in [0.25, 0.3) is 0 Å². The molecule has 4 heteroatoms. The van der Waals surface area contributed by atoms with Crippen LogP contribution in [0.2, 0.25) is 0 Å². The van der Waals surface area contributed by atoms with E-state index >= 15 is 0 Å². The van der Waals surface area contributed by atoms with Crippen LogP contribution in [-0.4, -0.2) is 17.2 Å². The Labute approximate surface area is 66.6 Å². The fraction of sp³-hybridized carbons (Fsp3) is 0.714. The van der Waals surface area contributed by atoms with Crippen molar-refractivity contribution in [2.45, 2.75) is 30.6 Å². The number of rotatable bonds is 0. The second kappa shape index (κ2) is 2.28. The first kappa shape index (κ1) is 8.67. The molecule has 0 saturated heterocycles. The van der Waals surface area contributed by atoms with Crippen LogP contribution in [-0.2, 0) is 0 Å². The first-order valence-electron chi connectivity index (χ1n) is 3.66. The normalized spacial score (nSPS) is 42.5. The molecule has 2 atom stereocenters. The van der Waals surface area contributed by atoms with E-state index in [0.29, 0.717) is 6.42 Å². The van der Waals surface area contributed by atoms with Crippen LogP contribution in [0.15, 0.2) is 12.2 Å². The number of hydrogen-bond acceptors (Lipinski definition) is 4. The van der Waals surface area contributed by atoms with E-state index in [4.69, 9.17) is 22.9 Å². The maximum atomic E-state index is 5.83. The lowest BCUT2D eigenvalue weighted by atomic mass is 9.79. The predicted octanol–water partition coefficient (Wildman–Crippen LogP) is -1.40. The van der Waals surface area contributed by atoms with Crippen LogP contribution in [0.3, 0.4) is 0 Å². The molecule has 0 aromatic rings. The van der Waals surface area contributed by atoms with Crippen LogP contribution in [0.4, 0.5) is 0 Å². The molecule has 1 rings (SSSR count). The fourth-order valence-corrected chi connectivity index (χ4v) is 1.33. The maximum Gasteiger partial charge on any atom is 0.0848 e. The Morgan fingerprint density at radius 1 is 1.36 bits per heavy atom. The molecule has 11 heavy (non-hydrogen) atoms. The molecule has 0 fully saturated rings. The average Bonchev–Trinajstić information content (AvgIpc) is 1.82. The van der Waals surface area contributed by atoms with E-state index in [1.165, 1.54) is 0 Å². The van der Waals surface area contributed by atoms with Gasteiger partial charge in [0.2, 0.25) is 0 Å². The highest BCUT2D eigenvalue weighted by Crippen LogP contribution is 2.21. The van der Waals surface area contributed by atoms with Crippen molar-refractivity contribution < 1.29 is 0 Å². The average molecular weight is 156 g/mol. The van der Waals surface area contributed by atoms with Crippen molar-refractivity contribution in [3.8, 4) is 0 Å². The Balaban J connectivity index is 2.91. The molecule has 2 unspecified atom stereocenters. The minimum absolute atomic E-state index is 0.389. The third-order valence-corrected chi connectivity index (χ3v) is 2.20. The minimum atomic E-state index is -0.863. The Bertz CT molecular complexity index is 183. The Kier molecular flexibility index (Phi) is 1.80. The summed E-state index contributed by atoms with van der Waals surface area (Å²) in [5, 5.41) is 0. The third-order valence-electron chi connectivity index (χ3n) is 2.20. The molecule has 0 aliphatic heterocycles. The van der Waals surface area contributed by atoms with E-state index in [-0.39, 0.29) is 6.04 Å². The first-order chi connectivity index (χ1) is 4.86. The summed E-state index contributed by atoms with van der Waals surface area (Å²) in [5.41, 5.74) is 21.6. The molecule has 0 saturated carbocycles. The number of hydrogen-bond donors (Lipinski definition) is 4. The molecule has 0 bridgehead atoms. The van der Waals surface area contributed by atoms with E-state index in [1.807, 2.05) is 19.1 Å². The maximum absolute atomic E-state index is 5.83. The molecule has 0 heterocycles. The van der Waals surface area contributed by atoms with Crippen molar-refractivity contribution in [1.29, 1.82) is 0 Å². The monoisotopic (exact) mass is 156 g/mol. The zero-order chi connectivity index (χ0) is 8.70. The summed E-state index contributed by atoms with van der Waals surface area (Å²) in [7, 11) is 0. The zero-order valence-corrected chi connectivity index (χ0v) is 6.75. The molecule has 0 radical (unpaired) electrons. The zero-order valence-electron chi connectivity index (χ0n) is 6.75. The van der Waals surface area contributed by atoms with Gasteiger partial charge in [-0.3, -0.25) is 0 Å². The van der Waals surface area contributed by atoms with Crippen LogP contribution < -0.4 is 22.9 Å². The summed E-state index contributed by atoms with van der Waals surface area (Å²) < 4.78 is 0. The van der Waals surface area contributed by atoms with Crippen molar-refractivity contribution >= 4 is 0 Å². The number of nitrogens with two attached hydrogens (primary N) is 4. The highest BCUT2D eigenvalue weighted by Gasteiger charge is 2.40. The van der Waals surface area contributed by atoms with Crippen LogP contribution in [0.1, 0.15) is 13.3 Å². The first-order valence-corrected chi connectivity index (χ1v) is 3.66. The van der Waals surface area contributed by atoms with Gasteiger partial charge in [-0.05, 0) is 13.3 Å². The van der Waals surface area contributed by atoms with Gasteiger partial charge in [-0.25, -0.2) is 0 Å². The largest absolute Gasteiger partial charge is 0.323 e. The summed E-state index contributed by atoms with van der Waals surface area (Å²) >= 11 is 0. The van der Waals surface area contributed by atoms with E-state index in [0.717, 1.165) is 0 Å². The van der Waals surface area contributed by atoms with Gasteiger partial charge in [-0.1, -0.05) is 12.2 Å². The quantitative estimate of drug-likeness (QED) is 0.256. The second-order valence-corrected chi connectivity index (χ2v) is 3.56. The van der Waals surface area contributed by atoms with Gasteiger partial charge in [0.05, 0.1) is 11.7 Å². The van der Waals surface area contributed by atoms with Crippen molar-refractivity contribution in [1.82, 2.24) is 0 Å². The lowest BCUT2D eigenvalue weighted by Gasteiger charge is -2.42. The second-order valence-electron chi connectivity index (χ2n) is 3.56. The Morgan fingerprint density at radius 3 is 2.27 bits per heavy atom. The van der Waals surface area contributed by atoms with Gasteiger partial charge in [-0.15, -0.1) is 0 Å². The van der Waals surface area contributed by atoms with Crippen LogP contribution >= 0.6 is 0 Å². The van der Waals surface area contributed by atoms with E-state index < -0.39 is 11.2 Å². The molecule has 0 aromatic carbocycles. The Morgan fingerprint density at radius 2 is 1.91 bits per heavy atom. The molecule has 0 amide bonds. The van der Waals surface area contributed by atoms with Gasteiger partial charge in [-0.2, -0.15) is 0 Å². The summed E-state index contributed by atoms with van der Waals surface area (Å²) in [6.07, 6.45) is 4.32. The molecule has 8 N–H and O–H groups in total. The summed E-state index contributed by atoms with van der Waals surface area (Å²) in [5.74, 6) is 0. The Hall–Kier alpha value is -0.420. The van der Waals surface area contributed by atoms with Crippen LogP contribution in [0.5, 0.6) is 0 Å². The molecule has 64 valence electrons. The SMILES string of the molecule is CC1(N)C=CCC(N)(N)C1N. The highest BCUT2D eigenvalue weighted by atomic mass is 15.1. The van der Waals surface area contributed by atoms with Crippen molar-refractivity contribution in [2.24, 2.45) is 22.9 Å². The van der Waals surface area contributed by atoms with E-state index in [1.54, 1.807) is 0 Å². The topological polar surface area (TPSA) is 104 Å². The summed E-state index contributed by atoms with van der Waals surface area (Å²) in [6, 6.07) is -0.389. The van der Waals surface area contributed by atoms with E-state index in [2.05, 4.69) is 0 Å². The molecule has 4 nitrogen and oxygen atoms in total.